The normalized spacial score (nSPS) is 14.8. The van der Waals surface area contributed by atoms with Crippen LogP contribution in [0.2, 0.25) is 5.02 Å². The van der Waals surface area contributed by atoms with E-state index >= 15 is 0 Å². The second-order valence-corrected chi connectivity index (χ2v) is 8.38. The van der Waals surface area contributed by atoms with E-state index in [0.717, 1.165) is 10.8 Å². The molecule has 3 aromatic rings. The van der Waals surface area contributed by atoms with E-state index in [1.54, 1.807) is 18.2 Å². The van der Waals surface area contributed by atoms with Crippen LogP contribution in [0.5, 0.6) is 5.75 Å². The van der Waals surface area contributed by atoms with Gasteiger partial charge in [-0.2, -0.15) is 0 Å². The summed E-state index contributed by atoms with van der Waals surface area (Å²) in [6.45, 7) is 1.06. The van der Waals surface area contributed by atoms with Crippen LogP contribution in [0.3, 0.4) is 0 Å². The van der Waals surface area contributed by atoms with E-state index in [2.05, 4.69) is 15.9 Å². The van der Waals surface area contributed by atoms with Gasteiger partial charge in [0.2, 0.25) is 0 Å². The number of hydrogen-bond acceptors (Lipinski definition) is 3. The number of esters is 1. The average Bonchev–Trinajstić information content (AvgIpc) is 2.75. The summed E-state index contributed by atoms with van der Waals surface area (Å²) < 4.78 is 6.17. The topological polar surface area (TPSA) is 46.6 Å². The fourth-order valence-electron chi connectivity index (χ4n) is 3.65. The second kappa shape index (κ2) is 8.56. The lowest BCUT2D eigenvalue weighted by atomic mass is 9.95. The monoisotopic (exact) mass is 471 g/mol. The first-order valence-corrected chi connectivity index (χ1v) is 10.6. The van der Waals surface area contributed by atoms with E-state index in [1.165, 1.54) is 0 Å². The van der Waals surface area contributed by atoms with Crippen molar-refractivity contribution in [3.63, 3.8) is 0 Å². The van der Waals surface area contributed by atoms with Gasteiger partial charge >= 0.3 is 5.97 Å². The lowest BCUT2D eigenvalue weighted by molar-refractivity contribution is -0.140. The molecule has 0 aromatic heterocycles. The van der Waals surface area contributed by atoms with Crippen molar-refractivity contribution in [1.82, 2.24) is 4.90 Å². The van der Waals surface area contributed by atoms with Gasteiger partial charge in [0.15, 0.2) is 0 Å². The summed E-state index contributed by atoms with van der Waals surface area (Å²) in [6, 6.07) is 18.7. The fourth-order valence-corrected chi connectivity index (χ4v) is 4.41. The van der Waals surface area contributed by atoms with Crippen LogP contribution >= 0.6 is 27.5 Å². The molecule has 0 aliphatic carbocycles. The number of hydrogen-bond donors (Lipinski definition) is 0. The third kappa shape index (κ3) is 4.31. The van der Waals surface area contributed by atoms with E-state index in [1.807, 2.05) is 47.4 Å². The maximum atomic E-state index is 13.0. The highest BCUT2D eigenvalue weighted by Gasteiger charge is 2.30. The van der Waals surface area contributed by atoms with Crippen LogP contribution in [0.1, 0.15) is 23.2 Å². The minimum atomic E-state index is -0.273. The molecule has 4 rings (SSSR count). The summed E-state index contributed by atoms with van der Waals surface area (Å²) in [7, 11) is 0. The number of amides is 1. The Morgan fingerprint density at radius 3 is 2.48 bits per heavy atom. The summed E-state index contributed by atoms with van der Waals surface area (Å²) in [4.78, 5) is 27.4. The van der Waals surface area contributed by atoms with Crippen LogP contribution in [-0.2, 0) is 4.79 Å². The van der Waals surface area contributed by atoms with Crippen LogP contribution in [0, 0.1) is 5.92 Å². The Bertz CT molecular complexity index is 1070. The number of carbonyl (C=O) groups excluding carboxylic acids is 2. The van der Waals surface area contributed by atoms with E-state index in [-0.39, 0.29) is 17.8 Å². The molecule has 0 radical (unpaired) electrons. The molecule has 0 atom stereocenters. The van der Waals surface area contributed by atoms with Crippen molar-refractivity contribution in [2.75, 3.05) is 13.1 Å². The Morgan fingerprint density at radius 1 is 1.00 bits per heavy atom. The summed E-state index contributed by atoms with van der Waals surface area (Å²) in [6.07, 6.45) is 1.17. The molecular weight excluding hydrogens is 454 g/mol. The molecule has 4 nitrogen and oxygen atoms in total. The van der Waals surface area contributed by atoms with Crippen LogP contribution in [0.4, 0.5) is 0 Å². The maximum Gasteiger partial charge on any atom is 0.314 e. The number of ether oxygens (including phenoxy) is 1. The Morgan fingerprint density at radius 2 is 1.72 bits per heavy atom. The minimum Gasteiger partial charge on any atom is -0.425 e. The summed E-state index contributed by atoms with van der Waals surface area (Å²) in [5, 5.41) is 2.57. The van der Waals surface area contributed by atoms with Gasteiger partial charge in [-0.25, -0.2) is 0 Å². The first-order valence-electron chi connectivity index (χ1n) is 9.47. The van der Waals surface area contributed by atoms with Crippen molar-refractivity contribution in [3.8, 4) is 5.75 Å². The molecule has 1 fully saturated rings. The number of nitrogens with zero attached hydrogens (tertiary/aromatic N) is 1. The molecule has 0 bridgehead atoms. The molecule has 1 aliphatic rings. The summed E-state index contributed by atoms with van der Waals surface area (Å²) in [5.74, 6) is -0.0397. The average molecular weight is 473 g/mol. The first kappa shape index (κ1) is 19.9. The molecule has 29 heavy (non-hydrogen) atoms. The van der Waals surface area contributed by atoms with Crippen molar-refractivity contribution in [2.45, 2.75) is 12.8 Å². The molecule has 3 aromatic carbocycles. The van der Waals surface area contributed by atoms with Gasteiger partial charge in [0.25, 0.3) is 5.91 Å². The highest BCUT2D eigenvalue weighted by atomic mass is 79.9. The molecule has 148 valence electrons. The Labute approximate surface area is 182 Å². The molecule has 0 spiro atoms. The molecule has 0 saturated carbocycles. The molecule has 1 heterocycles. The Kier molecular flexibility index (Phi) is 5.88. The van der Waals surface area contributed by atoms with Crippen LogP contribution in [0.25, 0.3) is 10.8 Å². The van der Waals surface area contributed by atoms with Crippen molar-refractivity contribution in [3.05, 3.63) is 75.7 Å². The zero-order valence-corrected chi connectivity index (χ0v) is 17.9. The van der Waals surface area contributed by atoms with Gasteiger partial charge in [-0.1, -0.05) is 48.0 Å². The quantitative estimate of drug-likeness (QED) is 0.362. The number of halogens is 2. The Balaban J connectivity index is 1.41. The van der Waals surface area contributed by atoms with E-state index < -0.39 is 0 Å². The largest absolute Gasteiger partial charge is 0.425 e. The van der Waals surface area contributed by atoms with Gasteiger partial charge in [0, 0.05) is 23.7 Å². The number of benzene rings is 3. The number of likely N-dealkylation sites (tertiary alicyclic amines) is 1. The number of carbonyl (C=O) groups is 2. The molecule has 1 saturated heterocycles. The lowest BCUT2D eigenvalue weighted by Gasteiger charge is -2.31. The van der Waals surface area contributed by atoms with Gasteiger partial charge in [-0.05, 0) is 63.8 Å². The van der Waals surface area contributed by atoms with Crippen molar-refractivity contribution < 1.29 is 14.3 Å². The summed E-state index contributed by atoms with van der Waals surface area (Å²) in [5.41, 5.74) is 0.703. The lowest BCUT2D eigenvalue weighted by Crippen LogP contribution is -2.41. The van der Waals surface area contributed by atoms with Crippen molar-refractivity contribution >= 4 is 50.2 Å². The zero-order valence-electron chi connectivity index (χ0n) is 15.6. The van der Waals surface area contributed by atoms with E-state index in [4.69, 9.17) is 16.3 Å². The predicted octanol–water partition coefficient (Wildman–Crippen LogP) is 5.71. The minimum absolute atomic E-state index is 0.00839. The summed E-state index contributed by atoms with van der Waals surface area (Å²) >= 11 is 9.29. The first-order chi connectivity index (χ1) is 14.0. The van der Waals surface area contributed by atoms with Gasteiger partial charge in [-0.15, -0.1) is 0 Å². The highest BCUT2D eigenvalue weighted by molar-refractivity contribution is 9.10. The third-order valence-corrected chi connectivity index (χ3v) is 6.09. The second-order valence-electron chi connectivity index (χ2n) is 7.09. The van der Waals surface area contributed by atoms with Gasteiger partial charge in [0.05, 0.1) is 10.4 Å². The third-order valence-electron chi connectivity index (χ3n) is 5.24. The van der Waals surface area contributed by atoms with Gasteiger partial charge in [-0.3, -0.25) is 9.59 Å². The zero-order chi connectivity index (χ0) is 20.4. The number of piperidine rings is 1. The SMILES string of the molecule is O=C(Oc1ccc(Cl)cc1Br)C1CCN(C(=O)c2cccc3ccccc23)CC1. The van der Waals surface area contributed by atoms with Crippen molar-refractivity contribution in [1.29, 1.82) is 0 Å². The molecular formula is C23H19BrClNO3. The predicted molar refractivity (Wildman–Crippen MR) is 117 cm³/mol. The Hall–Kier alpha value is -2.37. The van der Waals surface area contributed by atoms with E-state index in [9.17, 15) is 9.59 Å². The van der Waals surface area contributed by atoms with E-state index in [0.29, 0.717) is 46.7 Å². The maximum absolute atomic E-state index is 13.0. The van der Waals surface area contributed by atoms with Crippen LogP contribution in [-0.4, -0.2) is 29.9 Å². The number of fused-ring (bicyclic) bond motifs is 1. The standard InChI is InChI=1S/C23H19BrClNO3/c24-20-14-17(25)8-9-21(20)29-23(28)16-10-12-26(13-11-16)22(27)19-7-3-5-15-4-1-2-6-18(15)19/h1-9,14,16H,10-13H2. The fraction of sp³-hybridized carbons (Fsp3) is 0.217. The van der Waals surface area contributed by atoms with Crippen molar-refractivity contribution in [2.24, 2.45) is 5.92 Å². The molecule has 0 unspecified atom stereocenters. The molecule has 1 amide bonds. The van der Waals surface area contributed by atoms with Crippen LogP contribution < -0.4 is 4.74 Å². The molecule has 6 heteroatoms. The highest BCUT2D eigenvalue weighted by Crippen LogP contribution is 2.30. The molecule has 0 N–H and O–H groups in total. The smallest absolute Gasteiger partial charge is 0.314 e. The number of rotatable bonds is 3. The van der Waals surface area contributed by atoms with Crippen LogP contribution in [0.15, 0.2) is 65.1 Å². The van der Waals surface area contributed by atoms with Gasteiger partial charge in [0.1, 0.15) is 5.75 Å². The molecule has 1 aliphatic heterocycles. The van der Waals surface area contributed by atoms with Gasteiger partial charge < -0.3 is 9.64 Å².